The summed E-state index contributed by atoms with van der Waals surface area (Å²) < 4.78 is 5.55. The number of esters is 1. The first-order valence-electron chi connectivity index (χ1n) is 7.94. The molecule has 1 aliphatic rings. The average Bonchev–Trinajstić information content (AvgIpc) is 2.33. The van der Waals surface area contributed by atoms with Gasteiger partial charge in [0.25, 0.3) is 0 Å². The molecule has 0 radical (unpaired) electrons. The van der Waals surface area contributed by atoms with Crippen LogP contribution in [0.25, 0.3) is 0 Å². The van der Waals surface area contributed by atoms with E-state index in [2.05, 4.69) is 26.1 Å². The molecule has 0 aromatic rings. The molecule has 0 amide bonds. The summed E-state index contributed by atoms with van der Waals surface area (Å²) in [6, 6.07) is 0. The van der Waals surface area contributed by atoms with Crippen molar-refractivity contribution < 1.29 is 14.3 Å². The van der Waals surface area contributed by atoms with Crippen LogP contribution in [0.3, 0.4) is 0 Å². The summed E-state index contributed by atoms with van der Waals surface area (Å²) in [5.74, 6) is -0.288. The van der Waals surface area contributed by atoms with Gasteiger partial charge in [0.05, 0.1) is 0 Å². The third kappa shape index (κ3) is 5.42. The molecule has 0 bridgehead atoms. The molecule has 1 saturated heterocycles. The second-order valence-electron chi connectivity index (χ2n) is 8.32. The molecular weight excluding hydrogens is 266 g/mol. The van der Waals surface area contributed by atoms with Gasteiger partial charge in [-0.2, -0.15) is 0 Å². The Hall–Kier alpha value is -0.900. The highest BCUT2D eigenvalue weighted by Gasteiger charge is 2.48. The molecule has 21 heavy (non-hydrogen) atoms. The molecule has 0 atom stereocenters. The number of hydrogen-bond donors (Lipinski definition) is 1. The molecule has 4 nitrogen and oxygen atoms in total. The number of hydrogen-bond acceptors (Lipinski definition) is 4. The van der Waals surface area contributed by atoms with Gasteiger partial charge in [-0.15, -0.1) is 0 Å². The second-order valence-corrected chi connectivity index (χ2v) is 8.32. The zero-order valence-corrected chi connectivity index (χ0v) is 14.5. The first-order valence-corrected chi connectivity index (χ1v) is 7.94. The van der Waals surface area contributed by atoms with Gasteiger partial charge in [-0.3, -0.25) is 9.59 Å². The van der Waals surface area contributed by atoms with E-state index in [4.69, 9.17) is 4.74 Å². The van der Waals surface area contributed by atoms with Crippen molar-refractivity contribution in [1.82, 2.24) is 5.32 Å². The largest absolute Gasteiger partial charge is 0.459 e. The van der Waals surface area contributed by atoms with Crippen molar-refractivity contribution in [2.75, 3.05) is 13.1 Å². The Balaban J connectivity index is 2.88. The van der Waals surface area contributed by atoms with Crippen molar-refractivity contribution in [2.45, 2.75) is 72.8 Å². The third-order valence-corrected chi connectivity index (χ3v) is 3.88. The highest BCUT2D eigenvalue weighted by atomic mass is 16.6. The predicted molar refractivity (Wildman–Crippen MR) is 84.1 cm³/mol. The van der Waals surface area contributed by atoms with E-state index in [1.54, 1.807) is 0 Å². The summed E-state index contributed by atoms with van der Waals surface area (Å²) in [4.78, 5) is 25.4. The van der Waals surface area contributed by atoms with E-state index in [-0.39, 0.29) is 17.2 Å². The predicted octanol–water partition coefficient (Wildman–Crippen LogP) is 3.09. The van der Waals surface area contributed by atoms with Crippen LogP contribution >= 0.6 is 0 Å². The Morgan fingerprint density at radius 1 is 1.05 bits per heavy atom. The van der Waals surface area contributed by atoms with Crippen LogP contribution in [0.1, 0.15) is 67.2 Å². The van der Waals surface area contributed by atoms with E-state index in [1.165, 1.54) is 0 Å². The lowest BCUT2D eigenvalue weighted by Crippen LogP contribution is -2.50. The molecule has 0 aliphatic carbocycles. The summed E-state index contributed by atoms with van der Waals surface area (Å²) in [7, 11) is 0. The van der Waals surface area contributed by atoms with Crippen molar-refractivity contribution in [2.24, 2.45) is 10.8 Å². The van der Waals surface area contributed by atoms with E-state index in [0.29, 0.717) is 32.4 Å². The molecule has 0 aromatic heterocycles. The minimum atomic E-state index is -0.941. The average molecular weight is 297 g/mol. The van der Waals surface area contributed by atoms with Gasteiger partial charge >= 0.3 is 5.97 Å². The number of piperidine rings is 1. The molecule has 1 rings (SSSR count). The van der Waals surface area contributed by atoms with Gasteiger partial charge < -0.3 is 10.1 Å². The van der Waals surface area contributed by atoms with Crippen molar-refractivity contribution in [3.8, 4) is 0 Å². The van der Waals surface area contributed by atoms with Crippen LogP contribution in [0.4, 0.5) is 0 Å². The van der Waals surface area contributed by atoms with Crippen LogP contribution in [0, 0.1) is 10.8 Å². The Kier molecular flexibility index (Phi) is 5.59. The third-order valence-electron chi connectivity index (χ3n) is 3.88. The van der Waals surface area contributed by atoms with Gasteiger partial charge in [0.1, 0.15) is 16.8 Å². The maximum Gasteiger partial charge on any atom is 0.320 e. The van der Waals surface area contributed by atoms with Gasteiger partial charge in [-0.05, 0) is 58.5 Å². The smallest absolute Gasteiger partial charge is 0.320 e. The maximum absolute atomic E-state index is 12.8. The van der Waals surface area contributed by atoms with Gasteiger partial charge in [-0.1, -0.05) is 20.8 Å². The van der Waals surface area contributed by atoms with Gasteiger partial charge in [0.15, 0.2) is 0 Å². The molecule has 122 valence electrons. The van der Waals surface area contributed by atoms with E-state index < -0.39 is 11.0 Å². The molecule has 1 heterocycles. The molecule has 0 saturated carbocycles. The van der Waals surface area contributed by atoms with E-state index in [9.17, 15) is 9.59 Å². The number of carbonyl (C=O) groups excluding carboxylic acids is 2. The lowest BCUT2D eigenvalue weighted by atomic mass is 9.72. The summed E-state index contributed by atoms with van der Waals surface area (Å²) >= 11 is 0. The summed E-state index contributed by atoms with van der Waals surface area (Å²) in [5.41, 5.74) is -1.40. The molecular formula is C17H31NO3. The standard InChI is InChI=1S/C17H31NO3/c1-15(2,3)8-7-13(19)17(9-11-18-12-10-17)14(20)21-16(4,5)6/h18H,7-12H2,1-6H3. The maximum atomic E-state index is 12.8. The number of carbonyl (C=O) groups is 2. The molecule has 1 N–H and O–H groups in total. The van der Waals surface area contributed by atoms with Crippen LogP contribution in [0.2, 0.25) is 0 Å². The van der Waals surface area contributed by atoms with Crippen LogP contribution in [0.15, 0.2) is 0 Å². The SMILES string of the molecule is CC(C)(C)CCC(=O)C1(C(=O)OC(C)(C)C)CCNCC1. The lowest BCUT2D eigenvalue weighted by Gasteiger charge is -2.36. The molecule has 1 fully saturated rings. The fourth-order valence-electron chi connectivity index (χ4n) is 2.55. The summed E-state index contributed by atoms with van der Waals surface area (Å²) in [5, 5.41) is 3.22. The van der Waals surface area contributed by atoms with Crippen LogP contribution < -0.4 is 5.32 Å². The Morgan fingerprint density at radius 2 is 1.57 bits per heavy atom. The van der Waals surface area contributed by atoms with Crippen molar-refractivity contribution >= 4 is 11.8 Å². The zero-order chi connectivity index (χ0) is 16.3. The number of ketones is 1. The number of nitrogens with one attached hydrogen (secondary N) is 1. The number of rotatable bonds is 4. The topological polar surface area (TPSA) is 55.4 Å². The van der Waals surface area contributed by atoms with E-state index in [0.717, 1.165) is 6.42 Å². The second kappa shape index (κ2) is 6.47. The van der Waals surface area contributed by atoms with Crippen molar-refractivity contribution in [3.05, 3.63) is 0 Å². The minimum absolute atomic E-state index is 0.0492. The summed E-state index contributed by atoms with van der Waals surface area (Å²) in [6.07, 6.45) is 2.34. The quantitative estimate of drug-likeness (QED) is 0.640. The minimum Gasteiger partial charge on any atom is -0.459 e. The fraction of sp³-hybridized carbons (Fsp3) is 0.882. The monoisotopic (exact) mass is 297 g/mol. The lowest BCUT2D eigenvalue weighted by molar-refractivity contribution is -0.172. The fourth-order valence-corrected chi connectivity index (χ4v) is 2.55. The van der Waals surface area contributed by atoms with E-state index in [1.807, 2.05) is 20.8 Å². The summed E-state index contributed by atoms with van der Waals surface area (Å²) in [6.45, 7) is 13.3. The first kappa shape index (κ1) is 18.1. The van der Waals surface area contributed by atoms with Gasteiger partial charge in [-0.25, -0.2) is 0 Å². The molecule has 0 unspecified atom stereocenters. The molecule has 1 aliphatic heterocycles. The molecule has 4 heteroatoms. The molecule has 0 aromatic carbocycles. The van der Waals surface area contributed by atoms with E-state index >= 15 is 0 Å². The zero-order valence-electron chi connectivity index (χ0n) is 14.5. The number of ether oxygens (including phenoxy) is 1. The molecule has 0 spiro atoms. The van der Waals surface area contributed by atoms with Crippen LogP contribution in [0.5, 0.6) is 0 Å². The van der Waals surface area contributed by atoms with Crippen LogP contribution in [-0.2, 0) is 14.3 Å². The van der Waals surface area contributed by atoms with Gasteiger partial charge in [0.2, 0.25) is 0 Å². The highest BCUT2D eigenvalue weighted by Crippen LogP contribution is 2.36. The normalized spacial score (nSPS) is 19.1. The van der Waals surface area contributed by atoms with Crippen molar-refractivity contribution in [1.29, 1.82) is 0 Å². The first-order chi connectivity index (χ1) is 9.46. The van der Waals surface area contributed by atoms with Gasteiger partial charge in [0, 0.05) is 6.42 Å². The Labute approximate surface area is 129 Å². The Bertz CT molecular complexity index is 382. The van der Waals surface area contributed by atoms with Crippen LogP contribution in [-0.4, -0.2) is 30.4 Å². The highest BCUT2D eigenvalue weighted by molar-refractivity contribution is 6.04. The Morgan fingerprint density at radius 3 is 2.00 bits per heavy atom. The number of Topliss-reactive ketones (excluding diaryl/α,β-unsaturated/α-hetero) is 1. The van der Waals surface area contributed by atoms with Crippen molar-refractivity contribution in [3.63, 3.8) is 0 Å².